The Morgan fingerprint density at radius 2 is 2.05 bits per heavy atom. The van der Waals surface area contributed by atoms with Crippen LogP contribution in [0, 0.1) is 6.92 Å². The molecule has 0 radical (unpaired) electrons. The lowest BCUT2D eigenvalue weighted by atomic mass is 10.2. The fraction of sp³-hybridized carbons (Fsp3) is 0.500. The van der Waals surface area contributed by atoms with E-state index in [0.717, 1.165) is 44.1 Å². The Balaban J connectivity index is 2.22. The molecule has 0 saturated carbocycles. The number of nitrogens with one attached hydrogen (secondary N) is 1. The van der Waals surface area contributed by atoms with Gasteiger partial charge in [0.1, 0.15) is 0 Å². The van der Waals surface area contributed by atoms with Crippen LogP contribution in [0.25, 0.3) is 0 Å². The summed E-state index contributed by atoms with van der Waals surface area (Å²) >= 11 is 0. The SMILES string of the molecule is Cc1cccc[nH]nc(N2CCN(CCO)CC2)c1N. The lowest BCUT2D eigenvalue weighted by Gasteiger charge is -2.35. The van der Waals surface area contributed by atoms with Crippen LogP contribution in [0.1, 0.15) is 5.56 Å². The number of piperazine rings is 1. The Bertz CT molecular complexity index is 478. The van der Waals surface area contributed by atoms with Gasteiger partial charge in [-0.05, 0) is 18.6 Å². The second kappa shape index (κ2) is 7.12. The van der Waals surface area contributed by atoms with Crippen molar-refractivity contribution in [1.29, 1.82) is 0 Å². The Morgan fingerprint density at radius 1 is 1.30 bits per heavy atom. The summed E-state index contributed by atoms with van der Waals surface area (Å²) in [5.41, 5.74) is 7.93. The van der Waals surface area contributed by atoms with E-state index < -0.39 is 0 Å². The van der Waals surface area contributed by atoms with Crippen molar-refractivity contribution in [3.63, 3.8) is 0 Å². The van der Waals surface area contributed by atoms with Crippen LogP contribution in [-0.4, -0.2) is 59.5 Å². The minimum atomic E-state index is 0.208. The first-order chi connectivity index (χ1) is 9.72. The van der Waals surface area contributed by atoms with Gasteiger partial charge >= 0.3 is 0 Å². The normalized spacial score (nSPS) is 16.0. The lowest BCUT2D eigenvalue weighted by Crippen LogP contribution is -2.47. The largest absolute Gasteiger partial charge is 0.395 e. The van der Waals surface area contributed by atoms with Crippen molar-refractivity contribution in [2.45, 2.75) is 6.92 Å². The number of aliphatic hydroxyl groups excluding tert-OH is 1. The minimum Gasteiger partial charge on any atom is -0.395 e. The highest BCUT2D eigenvalue weighted by Crippen LogP contribution is 2.22. The number of rotatable bonds is 3. The maximum Gasteiger partial charge on any atom is 0.172 e. The average molecular weight is 277 g/mol. The summed E-state index contributed by atoms with van der Waals surface area (Å²) < 4.78 is 0. The van der Waals surface area contributed by atoms with Crippen molar-refractivity contribution < 1.29 is 5.11 Å². The Morgan fingerprint density at radius 3 is 2.75 bits per heavy atom. The van der Waals surface area contributed by atoms with E-state index in [2.05, 4.69) is 20.0 Å². The number of anilines is 2. The molecule has 0 bridgehead atoms. The first-order valence-electron chi connectivity index (χ1n) is 6.93. The summed E-state index contributed by atoms with van der Waals surface area (Å²) in [5.74, 6) is 0.794. The Hall–Kier alpha value is -1.79. The molecule has 2 heterocycles. The number of aryl methyl sites for hydroxylation is 1. The molecule has 2 rings (SSSR count). The number of aromatic amines is 1. The second-order valence-corrected chi connectivity index (χ2v) is 4.93. The number of aromatic nitrogens is 2. The molecule has 4 N–H and O–H groups in total. The molecular formula is C14H23N5O. The van der Waals surface area contributed by atoms with Crippen LogP contribution in [0.5, 0.6) is 0 Å². The molecule has 1 aliphatic heterocycles. The zero-order valence-corrected chi connectivity index (χ0v) is 11.9. The third kappa shape index (κ3) is 3.61. The van der Waals surface area contributed by atoms with Crippen LogP contribution in [0.15, 0.2) is 24.4 Å². The van der Waals surface area contributed by atoms with Gasteiger partial charge in [-0.15, -0.1) is 0 Å². The van der Waals surface area contributed by atoms with Gasteiger partial charge in [0, 0.05) is 38.9 Å². The van der Waals surface area contributed by atoms with Crippen molar-refractivity contribution in [3.05, 3.63) is 30.0 Å². The standard InChI is InChI=1S/C14H23N5O/c1-12-4-2-3-5-16-17-14(13(12)15)19-8-6-18(7-9-19)10-11-20/h2-5,16,20H,6-11,15H2,1H3. The molecule has 1 aromatic heterocycles. The number of H-pyrrole nitrogens is 1. The summed E-state index contributed by atoms with van der Waals surface area (Å²) in [6.07, 6.45) is 1.78. The highest BCUT2D eigenvalue weighted by atomic mass is 16.3. The number of nitrogens with two attached hydrogens (primary N) is 1. The Kier molecular flexibility index (Phi) is 5.20. The van der Waals surface area contributed by atoms with E-state index in [-0.39, 0.29) is 6.61 Å². The number of nitrogen functional groups attached to an aromatic ring is 1. The van der Waals surface area contributed by atoms with Crippen LogP contribution >= 0.6 is 0 Å². The zero-order valence-electron chi connectivity index (χ0n) is 11.9. The molecule has 0 amide bonds. The van der Waals surface area contributed by atoms with Crippen LogP contribution in [0.3, 0.4) is 0 Å². The van der Waals surface area contributed by atoms with E-state index in [1.807, 2.05) is 25.1 Å². The minimum absolute atomic E-state index is 0.208. The highest BCUT2D eigenvalue weighted by molar-refractivity contribution is 5.65. The molecule has 0 atom stereocenters. The third-order valence-corrected chi connectivity index (χ3v) is 3.55. The quantitative estimate of drug-likeness (QED) is 0.751. The van der Waals surface area contributed by atoms with Gasteiger partial charge in [-0.1, -0.05) is 12.1 Å². The van der Waals surface area contributed by atoms with Gasteiger partial charge in [-0.25, -0.2) is 0 Å². The van der Waals surface area contributed by atoms with Crippen LogP contribution in [0.2, 0.25) is 0 Å². The van der Waals surface area contributed by atoms with Gasteiger partial charge in [0.05, 0.1) is 12.3 Å². The van der Waals surface area contributed by atoms with Crippen LogP contribution in [-0.2, 0) is 0 Å². The maximum atomic E-state index is 8.98. The summed E-state index contributed by atoms with van der Waals surface area (Å²) in [4.78, 5) is 4.43. The predicted molar refractivity (Wildman–Crippen MR) is 81.1 cm³/mol. The molecule has 1 aromatic rings. The van der Waals surface area contributed by atoms with Crippen molar-refractivity contribution in [3.8, 4) is 0 Å². The van der Waals surface area contributed by atoms with E-state index in [9.17, 15) is 0 Å². The summed E-state index contributed by atoms with van der Waals surface area (Å²) in [6, 6.07) is 5.81. The molecule has 20 heavy (non-hydrogen) atoms. The summed E-state index contributed by atoms with van der Waals surface area (Å²) in [7, 11) is 0. The third-order valence-electron chi connectivity index (χ3n) is 3.55. The zero-order chi connectivity index (χ0) is 14.4. The van der Waals surface area contributed by atoms with Gasteiger partial charge in [0.15, 0.2) is 5.82 Å². The predicted octanol–water partition coefficient (Wildman–Crippen LogP) is 0.539. The number of aliphatic hydroxyl groups is 1. The molecule has 0 spiro atoms. The Labute approximate surface area is 119 Å². The van der Waals surface area contributed by atoms with E-state index in [1.54, 1.807) is 6.20 Å². The molecule has 110 valence electrons. The monoisotopic (exact) mass is 277 g/mol. The van der Waals surface area contributed by atoms with Crippen molar-refractivity contribution in [1.82, 2.24) is 15.1 Å². The summed E-state index contributed by atoms with van der Waals surface area (Å²) in [6.45, 7) is 6.48. The first-order valence-corrected chi connectivity index (χ1v) is 6.93. The van der Waals surface area contributed by atoms with E-state index in [1.165, 1.54) is 0 Å². The number of nitrogens with zero attached hydrogens (tertiary/aromatic N) is 3. The van der Waals surface area contributed by atoms with Crippen LogP contribution in [0.4, 0.5) is 11.5 Å². The lowest BCUT2D eigenvalue weighted by molar-refractivity contribution is 0.188. The fourth-order valence-corrected chi connectivity index (χ4v) is 2.29. The van der Waals surface area contributed by atoms with Crippen molar-refractivity contribution in [2.75, 3.05) is 50.0 Å². The molecule has 1 fully saturated rings. The van der Waals surface area contributed by atoms with Gasteiger partial charge < -0.3 is 15.7 Å². The number of hydrogen-bond donors (Lipinski definition) is 3. The molecule has 1 aliphatic rings. The van der Waals surface area contributed by atoms with Gasteiger partial charge in [-0.2, -0.15) is 5.10 Å². The van der Waals surface area contributed by atoms with E-state index >= 15 is 0 Å². The maximum absolute atomic E-state index is 8.98. The molecule has 0 unspecified atom stereocenters. The van der Waals surface area contributed by atoms with Gasteiger partial charge in [0.25, 0.3) is 0 Å². The molecule has 6 nitrogen and oxygen atoms in total. The number of β-amino-alcohol motifs (C(OH)–C–C–N with tert-alkyl or cyclic N) is 1. The smallest absolute Gasteiger partial charge is 0.172 e. The molecule has 6 heteroatoms. The number of hydrogen-bond acceptors (Lipinski definition) is 5. The highest BCUT2D eigenvalue weighted by Gasteiger charge is 2.19. The summed E-state index contributed by atoms with van der Waals surface area (Å²) in [5, 5.41) is 16.3. The van der Waals surface area contributed by atoms with Gasteiger partial charge in [-0.3, -0.25) is 10.00 Å². The van der Waals surface area contributed by atoms with Crippen molar-refractivity contribution >= 4 is 11.5 Å². The molecule has 0 aliphatic carbocycles. The van der Waals surface area contributed by atoms with Crippen molar-refractivity contribution in [2.24, 2.45) is 0 Å². The fourth-order valence-electron chi connectivity index (χ4n) is 2.29. The average Bonchev–Trinajstić information content (AvgIpc) is 2.54. The van der Waals surface area contributed by atoms with Gasteiger partial charge in [0.2, 0.25) is 0 Å². The topological polar surface area (TPSA) is 81.4 Å². The molecule has 0 aromatic carbocycles. The first kappa shape index (κ1) is 14.6. The van der Waals surface area contributed by atoms with Crippen LogP contribution < -0.4 is 10.6 Å². The molecular weight excluding hydrogens is 254 g/mol. The second-order valence-electron chi connectivity index (χ2n) is 4.93. The van der Waals surface area contributed by atoms with E-state index in [0.29, 0.717) is 5.69 Å². The molecule has 1 saturated heterocycles. The van der Waals surface area contributed by atoms with E-state index in [4.69, 9.17) is 10.8 Å².